The molecule has 1 aromatic rings. The number of fused-ring (bicyclic) bond motifs is 5. The number of ketones is 1. The first-order valence-corrected chi connectivity index (χ1v) is 30.7. The third-order valence-corrected chi connectivity index (χ3v) is 16.6. The van der Waals surface area contributed by atoms with Gasteiger partial charge in [-0.15, -0.1) is 11.8 Å². The lowest BCUT2D eigenvalue weighted by atomic mass is 9.83. The van der Waals surface area contributed by atoms with E-state index in [4.69, 9.17) is 73.2 Å². The lowest BCUT2D eigenvalue weighted by Gasteiger charge is -2.42. The molecule has 3 aliphatic rings. The molecule has 24 nitrogen and oxygen atoms in total. The van der Waals surface area contributed by atoms with Gasteiger partial charge in [0.1, 0.15) is 46.5 Å². The fourth-order valence-corrected chi connectivity index (χ4v) is 10.5. The third-order valence-electron chi connectivity index (χ3n) is 14.8. The van der Waals surface area contributed by atoms with Crippen LogP contribution in [0.1, 0.15) is 86.1 Å². The number of methoxy groups -OCH3 is 2. The van der Waals surface area contributed by atoms with Crippen LogP contribution in [0.15, 0.2) is 35.9 Å². The summed E-state index contributed by atoms with van der Waals surface area (Å²) >= 11 is 8.24. The number of likely N-dealkylation sites (N-methyl/N-ethyl adjacent to an activating group) is 1. The number of halogens is 1. The number of benzene rings is 1. The van der Waals surface area contributed by atoms with Crippen molar-refractivity contribution < 1.29 is 95.5 Å². The van der Waals surface area contributed by atoms with Crippen LogP contribution in [0.4, 0.5) is 10.5 Å². The van der Waals surface area contributed by atoms with Crippen molar-refractivity contribution in [3.8, 4) is 5.75 Å². The Balaban J connectivity index is 1.15. The number of hydrogen-bond acceptors (Lipinski definition) is 21. The van der Waals surface area contributed by atoms with Gasteiger partial charge in [0.2, 0.25) is 17.7 Å². The number of thioether (sulfide) groups is 1. The molecule has 8 atom stereocenters. The molecule has 3 N–H and O–H groups in total. The molecule has 4 bridgehead atoms. The zero-order valence-corrected chi connectivity index (χ0v) is 53.8. The second-order valence-corrected chi connectivity index (χ2v) is 24.2. The highest BCUT2D eigenvalue weighted by Gasteiger charge is 2.64. The van der Waals surface area contributed by atoms with Crippen molar-refractivity contribution in [2.45, 2.75) is 134 Å². The van der Waals surface area contributed by atoms with Crippen LogP contribution in [0.25, 0.3) is 0 Å². The summed E-state index contributed by atoms with van der Waals surface area (Å²) in [6, 6.07) is 2.47. The Kier molecular flexibility index (Phi) is 32.8. The molecule has 2 fully saturated rings. The Morgan fingerprint density at radius 1 is 0.884 bits per heavy atom. The lowest BCUT2D eigenvalue weighted by molar-refractivity contribution is -0.162. The maximum absolute atomic E-state index is 14.4. The highest BCUT2D eigenvalue weighted by molar-refractivity contribution is 8.01. The summed E-state index contributed by atoms with van der Waals surface area (Å²) in [5.74, 6) is -1.74. The van der Waals surface area contributed by atoms with Gasteiger partial charge in [-0.1, -0.05) is 56.2 Å². The van der Waals surface area contributed by atoms with Crippen LogP contribution >= 0.6 is 23.4 Å². The molecule has 2 saturated heterocycles. The highest BCUT2D eigenvalue weighted by atomic mass is 35.5. The normalized spacial score (nSPS) is 23.9. The van der Waals surface area contributed by atoms with Gasteiger partial charge in [0.05, 0.1) is 137 Å². The standard InChI is InChI=1S/C60H95ClN4O20S/c1-41-13-12-14-49(74-11)60(72)39-48(83-57(71)63-60)43(3)55-59(7,85-55)50(38-53(69)65(9)46-36-45(35-41)37-47(73-10)54(46)61)84-56(70)44(4)64(8)52(68)15-17-58(5,6)86-40-51(67)62-18-20-76-22-24-78-26-28-80-30-32-82-34-33-81-31-29-79-27-25-77-23-21-75-19-16-42(2)66/h12-14,36-37,43-44,48-50,55,72H,15-35,38-40H2,1-11H3,(H,62,67)(H,63,71)/b14-12+,41-13+/t43-,44+,48+,49-,50+,55+,59+,60+/m1/s1. The van der Waals surface area contributed by atoms with Crippen LogP contribution in [0, 0.1) is 5.92 Å². The molecule has 0 saturated carbocycles. The van der Waals surface area contributed by atoms with Crippen LogP contribution in [0.5, 0.6) is 5.75 Å². The molecule has 4 rings (SSSR count). The number of carbonyl (C=O) groups excluding carboxylic acids is 6. The van der Waals surface area contributed by atoms with Crippen molar-refractivity contribution in [2.24, 2.45) is 5.92 Å². The summed E-state index contributed by atoms with van der Waals surface area (Å²) in [4.78, 5) is 81.6. The number of Topliss-reactive ketones (excluding diaryl/α,β-unsaturated/α-hetero) is 1. The minimum Gasteiger partial charge on any atom is -0.495 e. The van der Waals surface area contributed by atoms with E-state index in [2.05, 4.69) is 10.6 Å². The molecule has 0 unspecified atom stereocenters. The summed E-state index contributed by atoms with van der Waals surface area (Å²) in [6.45, 7) is 19.4. The number of aliphatic hydroxyl groups is 1. The number of alkyl carbamates (subject to hydrolysis) is 1. The van der Waals surface area contributed by atoms with Gasteiger partial charge in [-0.25, -0.2) is 9.59 Å². The molecule has 0 radical (unpaired) electrons. The topological polar surface area (TPSA) is 276 Å². The van der Waals surface area contributed by atoms with E-state index in [9.17, 15) is 33.9 Å². The number of rotatable bonds is 38. The first-order chi connectivity index (χ1) is 40.9. The maximum atomic E-state index is 14.4. The molecule has 3 aliphatic heterocycles. The predicted octanol–water partition coefficient (Wildman–Crippen LogP) is 5.03. The SMILES string of the molecule is COc1cc2cc(c1Cl)N(C)C(=O)C[C@H](OC(=O)[C@H](C)N(C)C(=O)CCC(C)(C)SCC(=O)NCCOCCOCCOCCOCCOCCOCCOCCOCCC(C)=O)[C@]1(C)O[C@H]1[C@H](C)[C@@H]1C[C@@](O)(NC(=O)O1)[C@H](OC)/C=C/C=C(\C)C2. The van der Waals surface area contributed by atoms with E-state index in [1.807, 2.05) is 26.8 Å². The monoisotopic (exact) mass is 1260 g/mol. The third kappa shape index (κ3) is 25.6. The van der Waals surface area contributed by atoms with E-state index >= 15 is 0 Å². The summed E-state index contributed by atoms with van der Waals surface area (Å²) in [7, 11) is 5.97. The number of hydrogen-bond donors (Lipinski definition) is 3. The number of esters is 1. The van der Waals surface area contributed by atoms with Crippen molar-refractivity contribution in [1.29, 1.82) is 0 Å². The molecule has 26 heteroatoms. The average Bonchev–Trinajstić information content (AvgIpc) is 1.79. The van der Waals surface area contributed by atoms with E-state index in [-0.39, 0.29) is 47.6 Å². The van der Waals surface area contributed by atoms with Crippen molar-refractivity contribution in [2.75, 3.05) is 151 Å². The van der Waals surface area contributed by atoms with Gasteiger partial charge in [0, 0.05) is 57.7 Å². The van der Waals surface area contributed by atoms with Crippen molar-refractivity contribution >= 4 is 64.6 Å². The van der Waals surface area contributed by atoms with E-state index in [1.54, 1.807) is 45.2 Å². The van der Waals surface area contributed by atoms with Gasteiger partial charge in [-0.3, -0.25) is 24.5 Å². The van der Waals surface area contributed by atoms with Gasteiger partial charge >= 0.3 is 12.1 Å². The number of carbonyl (C=O) groups is 6. The average molecular weight is 1260 g/mol. The molecular formula is C60H95ClN4O20S. The van der Waals surface area contributed by atoms with Gasteiger partial charge in [0.15, 0.2) is 5.72 Å². The summed E-state index contributed by atoms with van der Waals surface area (Å²) in [5.41, 5.74) is -1.11. The molecule has 488 valence electrons. The molecule has 0 aliphatic carbocycles. The number of epoxide rings is 1. The van der Waals surface area contributed by atoms with Crippen LogP contribution in [0.3, 0.4) is 0 Å². The minimum absolute atomic E-state index is 0.0653. The molecule has 86 heavy (non-hydrogen) atoms. The number of amides is 4. The van der Waals surface area contributed by atoms with E-state index in [1.165, 1.54) is 56.7 Å². The zero-order valence-electron chi connectivity index (χ0n) is 52.2. The van der Waals surface area contributed by atoms with Crippen LogP contribution in [0.2, 0.25) is 5.02 Å². The Morgan fingerprint density at radius 3 is 1.97 bits per heavy atom. The summed E-state index contributed by atoms with van der Waals surface area (Å²) < 4.78 is 72.9. The van der Waals surface area contributed by atoms with Crippen molar-refractivity contribution in [1.82, 2.24) is 15.5 Å². The minimum atomic E-state index is -1.87. The molecule has 0 spiro atoms. The van der Waals surface area contributed by atoms with E-state index in [0.717, 1.165) is 11.1 Å². The zero-order chi connectivity index (χ0) is 63.3. The van der Waals surface area contributed by atoms with Crippen molar-refractivity contribution in [3.05, 3.63) is 46.5 Å². The number of allylic oxidation sites excluding steroid dienone is 3. The van der Waals surface area contributed by atoms with Crippen LogP contribution in [-0.2, 0) is 87.2 Å². The second-order valence-electron chi connectivity index (χ2n) is 22.2. The van der Waals surface area contributed by atoms with Gasteiger partial charge < -0.3 is 81.8 Å². The van der Waals surface area contributed by atoms with E-state index in [0.29, 0.717) is 143 Å². The molecular weight excluding hydrogens is 1160 g/mol. The van der Waals surface area contributed by atoms with Crippen molar-refractivity contribution in [3.63, 3.8) is 0 Å². The number of ether oxygens (including phenoxy) is 13. The largest absolute Gasteiger partial charge is 0.495 e. The summed E-state index contributed by atoms with van der Waals surface area (Å²) in [6.07, 6.45) is 1.42. The van der Waals surface area contributed by atoms with Crippen LogP contribution in [-0.4, -0.2) is 238 Å². The highest BCUT2D eigenvalue weighted by Crippen LogP contribution is 2.49. The smallest absolute Gasteiger partial charge is 0.409 e. The van der Waals surface area contributed by atoms with Gasteiger partial charge in [0.25, 0.3) is 0 Å². The number of nitrogens with one attached hydrogen (secondary N) is 2. The fraction of sp³-hybridized carbons (Fsp3) is 0.733. The molecule has 4 amide bonds. The van der Waals surface area contributed by atoms with Gasteiger partial charge in [-0.2, -0.15) is 0 Å². The predicted molar refractivity (Wildman–Crippen MR) is 322 cm³/mol. The lowest BCUT2D eigenvalue weighted by Crippen LogP contribution is -2.63. The van der Waals surface area contributed by atoms with E-state index < -0.39 is 70.4 Å². The fourth-order valence-electron chi connectivity index (χ4n) is 9.31. The molecule has 1 aromatic carbocycles. The first kappa shape index (κ1) is 74.0. The Bertz CT molecular complexity index is 2370. The van der Waals surface area contributed by atoms with Gasteiger partial charge in [-0.05, 0) is 58.2 Å². The van der Waals surface area contributed by atoms with Crippen LogP contribution < -0.4 is 20.3 Å². The number of anilines is 1. The molecule has 0 aromatic heterocycles. The first-order valence-electron chi connectivity index (χ1n) is 29.3. The quantitative estimate of drug-likeness (QED) is 0.0445. The second kappa shape index (κ2) is 38.2. The molecule has 3 heterocycles. The number of nitrogens with zero attached hydrogens (tertiary/aromatic N) is 2. The maximum Gasteiger partial charge on any atom is 0.409 e. The Hall–Kier alpha value is -4.48. The Morgan fingerprint density at radius 2 is 1.43 bits per heavy atom. The summed E-state index contributed by atoms with van der Waals surface area (Å²) in [5, 5.41) is 17.4. The Labute approximate surface area is 516 Å².